The van der Waals surface area contributed by atoms with Crippen molar-refractivity contribution < 1.29 is 42.7 Å². The number of H-pyrrole nitrogens is 1. The summed E-state index contributed by atoms with van der Waals surface area (Å²) in [4.78, 5) is 49.8. The Kier molecular flexibility index (Phi) is 10.7. The van der Waals surface area contributed by atoms with Gasteiger partial charge in [0.2, 0.25) is 8.38 Å². The van der Waals surface area contributed by atoms with Gasteiger partial charge < -0.3 is 24.1 Å². The first-order valence-corrected chi connectivity index (χ1v) is 12.7. The number of aliphatic hydroxyl groups is 1. The molecule has 1 aliphatic heterocycles. The number of aromatic nitrogens is 2. The molecule has 2 N–H and O–H groups in total. The van der Waals surface area contributed by atoms with E-state index in [4.69, 9.17) is 28.0 Å². The van der Waals surface area contributed by atoms with Crippen LogP contribution in [0.1, 0.15) is 47.8 Å². The Morgan fingerprint density at radius 2 is 1.62 bits per heavy atom. The average molecular weight is 547 g/mol. The molecule has 0 spiro atoms. The smallest absolute Gasteiger partial charge is 0.330 e. The molecular weight excluding hydrogens is 511 g/mol. The number of aromatic amines is 1. The standard InChI is InChI=1S/C23H35N2O11P/c1-22(2,3)19(28)32-12-34-37(35-13-33-20(29)23(4,5)6)11-9-14-16(27)17(31-7)18(36-14)25-10-8-15(26)24-21(25)30/h8-11,14,16-18,27H,12-13H2,1-7H3,(H,24,26,30)/b11-9-/t14-,16?,17?,18-/m1/s1. The number of hydrogen-bond acceptors (Lipinski definition) is 11. The van der Waals surface area contributed by atoms with Gasteiger partial charge in [0, 0.05) is 19.4 Å². The summed E-state index contributed by atoms with van der Waals surface area (Å²) < 4.78 is 33.5. The van der Waals surface area contributed by atoms with Crippen LogP contribution >= 0.6 is 8.38 Å². The maximum absolute atomic E-state index is 12.2. The van der Waals surface area contributed by atoms with Crippen LogP contribution in [0.4, 0.5) is 0 Å². The fraction of sp³-hybridized carbons (Fsp3) is 0.652. The molecule has 0 amide bonds. The van der Waals surface area contributed by atoms with Crippen LogP contribution in [0, 0.1) is 10.8 Å². The van der Waals surface area contributed by atoms with E-state index in [1.807, 2.05) is 0 Å². The van der Waals surface area contributed by atoms with Gasteiger partial charge in [0.25, 0.3) is 5.56 Å². The lowest BCUT2D eigenvalue weighted by Gasteiger charge is -2.20. The quantitative estimate of drug-likeness (QED) is 0.250. The summed E-state index contributed by atoms with van der Waals surface area (Å²) in [6.45, 7) is 9.29. The molecule has 1 aromatic heterocycles. The van der Waals surface area contributed by atoms with E-state index < -0.39 is 80.5 Å². The number of carbonyl (C=O) groups is 2. The summed E-state index contributed by atoms with van der Waals surface area (Å²) in [5.41, 5.74) is -2.79. The Balaban J connectivity index is 2.13. The number of aliphatic hydroxyl groups excluding tert-OH is 1. The number of methoxy groups -OCH3 is 1. The highest BCUT2D eigenvalue weighted by molar-refractivity contribution is 7.50. The van der Waals surface area contributed by atoms with Crippen molar-refractivity contribution in [2.75, 3.05) is 20.7 Å². The highest BCUT2D eigenvalue weighted by Gasteiger charge is 2.44. The monoisotopic (exact) mass is 546 g/mol. The number of hydrogen-bond donors (Lipinski definition) is 2. The van der Waals surface area contributed by atoms with E-state index in [9.17, 15) is 24.3 Å². The van der Waals surface area contributed by atoms with E-state index in [2.05, 4.69) is 4.98 Å². The van der Waals surface area contributed by atoms with Crippen LogP contribution in [0.5, 0.6) is 0 Å². The summed E-state index contributed by atoms with van der Waals surface area (Å²) in [6, 6.07) is 1.14. The second-order valence-electron chi connectivity index (χ2n) is 10.2. The normalized spacial score (nSPS) is 22.5. The van der Waals surface area contributed by atoms with Crippen molar-refractivity contribution in [3.05, 3.63) is 45.0 Å². The first kappa shape index (κ1) is 30.8. The largest absolute Gasteiger partial charge is 0.438 e. The topological polar surface area (TPSA) is 165 Å². The zero-order valence-electron chi connectivity index (χ0n) is 22.0. The van der Waals surface area contributed by atoms with Crippen LogP contribution in [-0.4, -0.2) is 65.6 Å². The fourth-order valence-electron chi connectivity index (χ4n) is 2.92. The van der Waals surface area contributed by atoms with E-state index in [0.29, 0.717) is 0 Å². The molecule has 0 radical (unpaired) electrons. The average Bonchev–Trinajstić information content (AvgIpc) is 3.10. The highest BCUT2D eigenvalue weighted by atomic mass is 31.2. The first-order valence-electron chi connectivity index (χ1n) is 11.4. The van der Waals surface area contributed by atoms with E-state index in [1.165, 1.54) is 25.2 Å². The lowest BCUT2D eigenvalue weighted by Crippen LogP contribution is -2.38. The molecular formula is C23H35N2O11P. The minimum Gasteiger partial charge on any atom is -0.438 e. The molecule has 2 rings (SSSR count). The van der Waals surface area contributed by atoms with Crippen molar-refractivity contribution >= 4 is 20.3 Å². The Hall–Kier alpha value is -2.41. The molecule has 0 aromatic carbocycles. The molecule has 4 atom stereocenters. The number of rotatable bonds is 10. The summed E-state index contributed by atoms with van der Waals surface area (Å²) in [7, 11) is -0.563. The molecule has 1 aromatic rings. The minimum absolute atomic E-state index is 0.427. The Morgan fingerprint density at radius 3 is 2.08 bits per heavy atom. The van der Waals surface area contributed by atoms with Crippen molar-refractivity contribution in [3.8, 4) is 0 Å². The van der Waals surface area contributed by atoms with Crippen LogP contribution in [0.25, 0.3) is 0 Å². The van der Waals surface area contributed by atoms with Crippen molar-refractivity contribution in [2.45, 2.75) is 66.1 Å². The SMILES string of the molecule is COC1C(O)[C@@H](/C=C\P(OCOC(=O)C(C)(C)C)OCOC(=O)C(C)(C)C)O[C@H]1n1ccc(=O)[nH]c1=O. The number of esters is 2. The summed E-state index contributed by atoms with van der Waals surface area (Å²) >= 11 is 0. The predicted octanol–water partition coefficient (Wildman–Crippen LogP) is 1.76. The van der Waals surface area contributed by atoms with Crippen molar-refractivity contribution in [2.24, 2.45) is 10.8 Å². The Morgan fingerprint density at radius 1 is 1.08 bits per heavy atom. The van der Waals surface area contributed by atoms with Crippen LogP contribution < -0.4 is 11.2 Å². The minimum atomic E-state index is -1.91. The molecule has 1 fully saturated rings. The van der Waals surface area contributed by atoms with E-state index >= 15 is 0 Å². The van der Waals surface area contributed by atoms with Gasteiger partial charge in [-0.25, -0.2) is 4.79 Å². The van der Waals surface area contributed by atoms with Gasteiger partial charge in [0.1, 0.15) is 18.3 Å². The van der Waals surface area contributed by atoms with Crippen LogP contribution in [0.15, 0.2) is 33.7 Å². The predicted molar refractivity (Wildman–Crippen MR) is 131 cm³/mol. The molecule has 2 unspecified atom stereocenters. The van der Waals surface area contributed by atoms with Crippen LogP contribution in [0.2, 0.25) is 0 Å². The molecule has 14 heteroatoms. The lowest BCUT2D eigenvalue weighted by atomic mass is 9.98. The molecule has 1 saturated heterocycles. The molecule has 2 heterocycles. The summed E-state index contributed by atoms with van der Waals surface area (Å²) in [6.07, 6.45) is -1.45. The molecule has 13 nitrogen and oxygen atoms in total. The van der Waals surface area contributed by atoms with E-state index in [0.717, 1.165) is 10.6 Å². The molecule has 0 aliphatic carbocycles. The van der Waals surface area contributed by atoms with Crippen molar-refractivity contribution in [1.82, 2.24) is 9.55 Å². The number of ether oxygens (including phenoxy) is 4. The van der Waals surface area contributed by atoms with Gasteiger partial charge in [0.15, 0.2) is 19.8 Å². The van der Waals surface area contributed by atoms with Gasteiger partial charge in [0.05, 0.1) is 10.8 Å². The Labute approximate surface area is 215 Å². The fourth-order valence-corrected chi connectivity index (χ4v) is 3.79. The summed E-state index contributed by atoms with van der Waals surface area (Å²) in [5, 5.41) is 10.7. The molecule has 1 aliphatic rings. The van der Waals surface area contributed by atoms with Crippen LogP contribution in [-0.2, 0) is 37.6 Å². The first-order chi connectivity index (χ1) is 17.1. The van der Waals surface area contributed by atoms with Crippen molar-refractivity contribution in [1.29, 1.82) is 0 Å². The molecule has 0 saturated carbocycles. The Bertz CT molecular complexity index is 1040. The van der Waals surface area contributed by atoms with E-state index in [1.54, 1.807) is 41.5 Å². The third-order valence-corrected chi connectivity index (χ3v) is 6.15. The third kappa shape index (κ3) is 8.84. The van der Waals surface area contributed by atoms with E-state index in [-0.39, 0.29) is 0 Å². The second-order valence-corrected chi connectivity index (χ2v) is 11.6. The van der Waals surface area contributed by atoms with Crippen molar-refractivity contribution in [3.63, 3.8) is 0 Å². The van der Waals surface area contributed by atoms with Gasteiger partial charge in [-0.1, -0.05) is 0 Å². The zero-order chi connectivity index (χ0) is 28.0. The lowest BCUT2D eigenvalue weighted by molar-refractivity contribution is -0.161. The van der Waals surface area contributed by atoms with Gasteiger partial charge >= 0.3 is 17.6 Å². The number of carbonyl (C=O) groups excluding carboxylic acids is 2. The number of nitrogens with one attached hydrogen (secondary N) is 1. The van der Waals surface area contributed by atoms with Crippen LogP contribution in [0.3, 0.4) is 0 Å². The molecule has 37 heavy (non-hydrogen) atoms. The number of nitrogens with zero attached hydrogens (tertiary/aromatic N) is 1. The van der Waals surface area contributed by atoms with Gasteiger partial charge in [-0.15, -0.1) is 0 Å². The highest BCUT2D eigenvalue weighted by Crippen LogP contribution is 2.41. The molecule has 208 valence electrons. The van der Waals surface area contributed by atoms with Gasteiger partial charge in [-0.3, -0.25) is 33.0 Å². The van der Waals surface area contributed by atoms with Gasteiger partial charge in [-0.05, 0) is 53.4 Å². The second kappa shape index (κ2) is 12.9. The summed E-state index contributed by atoms with van der Waals surface area (Å²) in [5.74, 6) is 0.457. The maximum atomic E-state index is 12.2. The maximum Gasteiger partial charge on any atom is 0.330 e. The molecule has 0 bridgehead atoms. The zero-order valence-corrected chi connectivity index (χ0v) is 22.9. The third-order valence-electron chi connectivity index (χ3n) is 5.01. The van der Waals surface area contributed by atoms with Gasteiger partial charge in [-0.2, -0.15) is 0 Å².